The van der Waals surface area contributed by atoms with E-state index in [1.807, 2.05) is 24.3 Å². The van der Waals surface area contributed by atoms with Crippen molar-refractivity contribution < 1.29 is 0 Å². The molecule has 1 aliphatic rings. The van der Waals surface area contributed by atoms with Crippen molar-refractivity contribution in [1.29, 1.82) is 0 Å². The van der Waals surface area contributed by atoms with Crippen LogP contribution in [0, 0.1) is 0 Å². The minimum atomic E-state index is -0.0368. The van der Waals surface area contributed by atoms with Crippen molar-refractivity contribution >= 4 is 50.2 Å². The number of aromatic nitrogens is 2. The van der Waals surface area contributed by atoms with Gasteiger partial charge in [-0.15, -0.1) is 11.8 Å². The average molecular weight is 550 g/mol. The number of fused-ring (bicyclic) bond motifs is 1. The summed E-state index contributed by atoms with van der Waals surface area (Å²) in [5, 5.41) is 1.30. The Morgan fingerprint density at radius 1 is 1.09 bits per heavy atom. The SMILES string of the molecule is CCSc1ccc(Cl)cc1Cn1cnc2cc(CN3CCN(C(C)C)CC3)c(Br)cc2c1=O. The topological polar surface area (TPSA) is 41.4 Å². The highest BCUT2D eigenvalue weighted by molar-refractivity contribution is 9.10. The largest absolute Gasteiger partial charge is 0.298 e. The maximum absolute atomic E-state index is 13.3. The monoisotopic (exact) mass is 548 g/mol. The van der Waals surface area contributed by atoms with Gasteiger partial charge in [0.15, 0.2) is 0 Å². The molecule has 2 aromatic carbocycles. The molecule has 0 spiro atoms. The molecule has 1 saturated heterocycles. The third kappa shape index (κ3) is 5.82. The Labute approximate surface area is 213 Å². The molecule has 3 aromatic rings. The zero-order valence-corrected chi connectivity index (χ0v) is 22.5. The summed E-state index contributed by atoms with van der Waals surface area (Å²) < 4.78 is 2.63. The van der Waals surface area contributed by atoms with Gasteiger partial charge in [-0.05, 0) is 61.1 Å². The van der Waals surface area contributed by atoms with E-state index in [9.17, 15) is 4.79 Å². The minimum Gasteiger partial charge on any atom is -0.298 e. The van der Waals surface area contributed by atoms with Crippen molar-refractivity contribution in [3.63, 3.8) is 0 Å². The van der Waals surface area contributed by atoms with Gasteiger partial charge >= 0.3 is 0 Å². The first-order valence-electron chi connectivity index (χ1n) is 11.4. The van der Waals surface area contributed by atoms with Crippen LogP contribution in [0.5, 0.6) is 0 Å². The molecule has 0 atom stereocenters. The van der Waals surface area contributed by atoms with Gasteiger partial charge in [-0.3, -0.25) is 19.2 Å². The Balaban J connectivity index is 1.57. The molecule has 0 amide bonds. The van der Waals surface area contributed by atoms with E-state index in [1.165, 1.54) is 5.56 Å². The van der Waals surface area contributed by atoms with E-state index >= 15 is 0 Å². The molecule has 8 heteroatoms. The van der Waals surface area contributed by atoms with Crippen LogP contribution < -0.4 is 5.56 Å². The quantitative estimate of drug-likeness (QED) is 0.364. The van der Waals surface area contributed by atoms with Gasteiger partial charge in [0.05, 0.1) is 23.8 Å². The number of hydrogen-bond acceptors (Lipinski definition) is 5. The fourth-order valence-corrected chi connectivity index (χ4v) is 5.73. The van der Waals surface area contributed by atoms with E-state index in [0.29, 0.717) is 23.0 Å². The zero-order chi connectivity index (χ0) is 23.5. The number of benzene rings is 2. The van der Waals surface area contributed by atoms with Crippen LogP contribution in [-0.4, -0.2) is 57.3 Å². The third-order valence-corrected chi connectivity index (χ3v) is 8.16. The number of thioether (sulfide) groups is 1. The molecular weight excluding hydrogens is 520 g/mol. The summed E-state index contributed by atoms with van der Waals surface area (Å²) in [7, 11) is 0. The summed E-state index contributed by atoms with van der Waals surface area (Å²) >= 11 is 11.7. The molecule has 0 bridgehead atoms. The number of rotatable bonds is 7. The molecule has 1 aliphatic heterocycles. The van der Waals surface area contributed by atoms with Crippen LogP contribution >= 0.6 is 39.3 Å². The van der Waals surface area contributed by atoms with E-state index in [0.717, 1.165) is 58.9 Å². The average Bonchev–Trinajstić information content (AvgIpc) is 2.79. The number of halogens is 2. The molecule has 4 rings (SSSR count). The zero-order valence-electron chi connectivity index (χ0n) is 19.4. The van der Waals surface area contributed by atoms with E-state index in [1.54, 1.807) is 22.7 Å². The van der Waals surface area contributed by atoms with Gasteiger partial charge in [-0.2, -0.15) is 0 Å². The molecule has 0 aliphatic carbocycles. The highest BCUT2D eigenvalue weighted by Crippen LogP contribution is 2.27. The van der Waals surface area contributed by atoms with E-state index in [-0.39, 0.29) is 5.56 Å². The van der Waals surface area contributed by atoms with Gasteiger partial charge in [0.25, 0.3) is 5.56 Å². The second-order valence-corrected chi connectivity index (χ2v) is 11.3. The minimum absolute atomic E-state index is 0.0368. The molecule has 0 saturated carbocycles. The second kappa shape index (κ2) is 10.9. The van der Waals surface area contributed by atoms with Crippen molar-refractivity contribution in [2.45, 2.75) is 44.8 Å². The standard InChI is InChI=1S/C25H30BrClN4OS/c1-4-33-24-6-5-20(27)11-19(24)15-31-16-28-23-12-18(22(26)13-21(23)25(31)32)14-29-7-9-30(10-8-29)17(2)3/h5-6,11-13,16-17H,4,7-10,14-15H2,1-3H3. The van der Waals surface area contributed by atoms with Crippen molar-refractivity contribution in [3.05, 3.63) is 67.6 Å². The molecular formula is C25H30BrClN4OS. The lowest BCUT2D eigenvalue weighted by molar-refractivity contribution is 0.104. The van der Waals surface area contributed by atoms with Crippen LogP contribution in [0.3, 0.4) is 0 Å². The Morgan fingerprint density at radius 2 is 1.85 bits per heavy atom. The van der Waals surface area contributed by atoms with Crippen LogP contribution in [0.4, 0.5) is 0 Å². The fourth-order valence-electron chi connectivity index (χ4n) is 4.29. The van der Waals surface area contributed by atoms with Crippen molar-refractivity contribution in [2.75, 3.05) is 31.9 Å². The smallest absolute Gasteiger partial charge is 0.261 e. The first-order chi connectivity index (χ1) is 15.9. The molecule has 0 radical (unpaired) electrons. The predicted molar refractivity (Wildman–Crippen MR) is 143 cm³/mol. The number of hydrogen-bond donors (Lipinski definition) is 0. The van der Waals surface area contributed by atoms with Crippen molar-refractivity contribution in [1.82, 2.24) is 19.4 Å². The number of piperazine rings is 1. The molecule has 176 valence electrons. The highest BCUT2D eigenvalue weighted by atomic mass is 79.9. The van der Waals surface area contributed by atoms with E-state index < -0.39 is 0 Å². The van der Waals surface area contributed by atoms with Gasteiger partial charge in [0.1, 0.15) is 0 Å². The van der Waals surface area contributed by atoms with Gasteiger partial charge in [0, 0.05) is 53.2 Å². The molecule has 2 heterocycles. The Kier molecular flexibility index (Phi) is 8.18. The van der Waals surface area contributed by atoms with Crippen molar-refractivity contribution in [2.24, 2.45) is 0 Å². The van der Waals surface area contributed by atoms with Gasteiger partial charge < -0.3 is 0 Å². The molecule has 5 nitrogen and oxygen atoms in total. The predicted octanol–water partition coefficient (Wildman–Crippen LogP) is 5.50. The summed E-state index contributed by atoms with van der Waals surface area (Å²) in [6, 6.07) is 10.4. The lowest BCUT2D eigenvalue weighted by Gasteiger charge is -2.37. The number of nitrogens with zero attached hydrogens (tertiary/aromatic N) is 4. The normalized spacial score (nSPS) is 15.6. The fraction of sp³-hybridized carbons (Fsp3) is 0.440. The first kappa shape index (κ1) is 24.7. The van der Waals surface area contributed by atoms with Crippen LogP contribution in [0.2, 0.25) is 5.02 Å². The molecule has 0 unspecified atom stereocenters. The summed E-state index contributed by atoms with van der Waals surface area (Å²) in [6.07, 6.45) is 1.66. The summed E-state index contributed by atoms with van der Waals surface area (Å²) in [6.45, 7) is 12.2. The van der Waals surface area contributed by atoms with Gasteiger partial charge in [0.2, 0.25) is 0 Å². The molecule has 1 fully saturated rings. The van der Waals surface area contributed by atoms with Crippen molar-refractivity contribution in [3.8, 4) is 0 Å². The van der Waals surface area contributed by atoms with E-state index in [2.05, 4.69) is 57.6 Å². The Bertz CT molecular complexity index is 1190. The Morgan fingerprint density at radius 3 is 2.55 bits per heavy atom. The summed E-state index contributed by atoms with van der Waals surface area (Å²) in [5.74, 6) is 0.960. The van der Waals surface area contributed by atoms with Crippen LogP contribution in [0.15, 0.2) is 50.8 Å². The van der Waals surface area contributed by atoms with Gasteiger partial charge in [-0.25, -0.2) is 4.98 Å². The molecule has 1 aromatic heterocycles. The lowest BCUT2D eigenvalue weighted by Crippen LogP contribution is -2.48. The molecule has 33 heavy (non-hydrogen) atoms. The van der Waals surface area contributed by atoms with Gasteiger partial charge in [-0.1, -0.05) is 34.5 Å². The summed E-state index contributed by atoms with van der Waals surface area (Å²) in [4.78, 5) is 24.1. The maximum atomic E-state index is 13.3. The summed E-state index contributed by atoms with van der Waals surface area (Å²) in [5.41, 5.74) is 2.91. The van der Waals surface area contributed by atoms with Crippen LogP contribution in [0.25, 0.3) is 10.9 Å². The molecule has 0 N–H and O–H groups in total. The van der Waals surface area contributed by atoms with Crippen LogP contribution in [0.1, 0.15) is 31.9 Å². The Hall–Kier alpha value is -1.38. The van der Waals surface area contributed by atoms with E-state index in [4.69, 9.17) is 11.6 Å². The maximum Gasteiger partial charge on any atom is 0.261 e. The third-order valence-electron chi connectivity index (χ3n) is 6.19. The first-order valence-corrected chi connectivity index (χ1v) is 13.6. The second-order valence-electron chi connectivity index (χ2n) is 8.73. The highest BCUT2D eigenvalue weighted by Gasteiger charge is 2.20. The van der Waals surface area contributed by atoms with Crippen LogP contribution in [-0.2, 0) is 13.1 Å². The lowest BCUT2D eigenvalue weighted by atomic mass is 10.1.